The molecule has 0 atom stereocenters. The molecule has 0 fully saturated rings. The first-order valence-corrected chi connectivity index (χ1v) is 13.0. The van der Waals surface area contributed by atoms with Crippen LogP contribution in [0.25, 0.3) is 0 Å². The molecule has 3 nitrogen and oxygen atoms in total. The highest BCUT2D eigenvalue weighted by Crippen LogP contribution is 2.20. The molecule has 2 rings (SSSR count). The molecule has 164 valence electrons. The van der Waals surface area contributed by atoms with Crippen LogP contribution in [0.3, 0.4) is 0 Å². The Balaban J connectivity index is 1.90. The van der Waals surface area contributed by atoms with Gasteiger partial charge in [0.2, 0.25) is 0 Å². The van der Waals surface area contributed by atoms with E-state index in [-0.39, 0.29) is 13.2 Å². The molecule has 0 unspecified atom stereocenters. The summed E-state index contributed by atoms with van der Waals surface area (Å²) < 4.78 is 13.3. The molecule has 0 amide bonds. The quantitative estimate of drug-likeness (QED) is 0.134. The summed E-state index contributed by atoms with van der Waals surface area (Å²) >= 11 is 4.66. The van der Waals surface area contributed by atoms with Crippen LogP contribution < -0.4 is 0 Å². The monoisotopic (exact) mass is 634 g/mol. The van der Waals surface area contributed by atoms with Gasteiger partial charge < -0.3 is 9.47 Å². The van der Waals surface area contributed by atoms with Gasteiger partial charge in [0.05, 0.1) is 0 Å². The van der Waals surface area contributed by atoms with Crippen LogP contribution in [0, 0.1) is 7.14 Å². The van der Waals surface area contributed by atoms with Gasteiger partial charge in [-0.2, -0.15) is 0 Å². The zero-order valence-electron chi connectivity index (χ0n) is 18.0. The maximum Gasteiger partial charge on any atom is 0.508 e. The Morgan fingerprint density at radius 1 is 0.700 bits per heavy atom. The van der Waals surface area contributed by atoms with Gasteiger partial charge in [-0.15, -0.1) is 0 Å². The van der Waals surface area contributed by atoms with Gasteiger partial charge in [0, 0.05) is 7.14 Å². The predicted molar refractivity (Wildman–Crippen MR) is 140 cm³/mol. The number of rotatable bonds is 12. The minimum atomic E-state index is -0.605. The Bertz CT molecular complexity index is 739. The maximum absolute atomic E-state index is 12.2. The Hall–Kier alpha value is -0.830. The van der Waals surface area contributed by atoms with Crippen molar-refractivity contribution < 1.29 is 14.3 Å². The highest BCUT2D eigenvalue weighted by Gasteiger charge is 2.11. The van der Waals surface area contributed by atoms with Crippen molar-refractivity contribution in [1.29, 1.82) is 0 Å². The number of hydrogen-bond acceptors (Lipinski definition) is 3. The summed E-state index contributed by atoms with van der Waals surface area (Å²) in [4.78, 5) is 12.2. The van der Waals surface area contributed by atoms with Gasteiger partial charge >= 0.3 is 6.16 Å². The van der Waals surface area contributed by atoms with E-state index in [1.165, 1.54) is 44.0 Å². The summed E-state index contributed by atoms with van der Waals surface area (Å²) in [6.07, 6.45) is 8.55. The number of hydrogen-bond donors (Lipinski definition) is 0. The summed E-state index contributed by atoms with van der Waals surface area (Å²) in [5.74, 6) is 0. The molecule has 0 radical (unpaired) electrons. The van der Waals surface area contributed by atoms with Crippen molar-refractivity contribution in [1.82, 2.24) is 0 Å². The zero-order chi connectivity index (χ0) is 21.8. The molecule has 0 bridgehead atoms. The van der Waals surface area contributed by atoms with E-state index < -0.39 is 6.16 Å². The average Bonchev–Trinajstić information content (AvgIpc) is 2.73. The van der Waals surface area contributed by atoms with Crippen molar-refractivity contribution in [3.8, 4) is 0 Å². The molecule has 2 aromatic rings. The second-order valence-electron chi connectivity index (χ2n) is 7.57. The topological polar surface area (TPSA) is 35.5 Å². The van der Waals surface area contributed by atoms with E-state index in [1.807, 2.05) is 0 Å². The number of halogens is 2. The fourth-order valence-corrected chi connectivity index (χ4v) is 4.49. The van der Waals surface area contributed by atoms with E-state index in [0.29, 0.717) is 0 Å². The number of carbonyl (C=O) groups is 1. The van der Waals surface area contributed by atoms with Crippen LogP contribution in [-0.2, 0) is 35.5 Å². The molecular weight excluding hydrogens is 602 g/mol. The maximum atomic E-state index is 12.2. The fourth-order valence-electron chi connectivity index (χ4n) is 3.38. The lowest BCUT2D eigenvalue weighted by Crippen LogP contribution is -2.10. The Kier molecular flexibility index (Phi) is 12.1. The summed E-state index contributed by atoms with van der Waals surface area (Å²) in [6, 6.07) is 12.6. The zero-order valence-corrected chi connectivity index (χ0v) is 22.3. The molecule has 0 heterocycles. The van der Waals surface area contributed by atoms with Crippen LogP contribution in [0.1, 0.15) is 74.6 Å². The van der Waals surface area contributed by atoms with E-state index >= 15 is 0 Å². The SMILES string of the molecule is CCCCCc1cc(I)ccc1COC(=O)OCc1ccc(I)cc1CCCCC. The highest BCUT2D eigenvalue weighted by molar-refractivity contribution is 14.1. The van der Waals surface area contributed by atoms with Crippen LogP contribution in [0.5, 0.6) is 0 Å². The molecule has 0 aliphatic heterocycles. The minimum Gasteiger partial charge on any atom is -0.429 e. The van der Waals surface area contributed by atoms with Crippen LogP contribution in [-0.4, -0.2) is 6.16 Å². The normalized spacial score (nSPS) is 10.8. The Morgan fingerprint density at radius 2 is 1.13 bits per heavy atom. The highest BCUT2D eigenvalue weighted by atomic mass is 127. The average molecular weight is 634 g/mol. The fraction of sp³-hybridized carbons (Fsp3) is 0.480. The van der Waals surface area contributed by atoms with Gasteiger partial charge in [-0.1, -0.05) is 51.7 Å². The molecule has 30 heavy (non-hydrogen) atoms. The summed E-state index contributed by atoms with van der Waals surface area (Å²) in [5, 5.41) is 0. The number of unbranched alkanes of at least 4 members (excludes halogenated alkanes) is 4. The molecule has 0 aliphatic carbocycles. The third kappa shape index (κ3) is 9.12. The summed E-state index contributed by atoms with van der Waals surface area (Å²) in [5.41, 5.74) is 4.66. The van der Waals surface area contributed by atoms with E-state index in [4.69, 9.17) is 9.47 Å². The second-order valence-corrected chi connectivity index (χ2v) is 10.1. The van der Waals surface area contributed by atoms with Gasteiger partial charge in [0.15, 0.2) is 0 Å². The first kappa shape index (κ1) is 25.4. The Labute approximate surface area is 208 Å². The van der Waals surface area contributed by atoms with Crippen LogP contribution in [0.4, 0.5) is 4.79 Å². The lowest BCUT2D eigenvalue weighted by molar-refractivity contribution is 0.0443. The molecule has 2 aromatic carbocycles. The third-order valence-corrected chi connectivity index (χ3v) is 6.47. The predicted octanol–water partition coefficient (Wildman–Crippen LogP) is 8.21. The van der Waals surface area contributed by atoms with Crippen molar-refractivity contribution in [2.75, 3.05) is 0 Å². The Morgan fingerprint density at radius 3 is 1.53 bits per heavy atom. The number of carbonyl (C=O) groups excluding carboxylic acids is 1. The molecule has 5 heteroatoms. The molecule has 0 saturated carbocycles. The van der Waals surface area contributed by atoms with Gasteiger partial charge in [-0.3, -0.25) is 0 Å². The lowest BCUT2D eigenvalue weighted by atomic mass is 10.0. The third-order valence-electron chi connectivity index (χ3n) is 5.13. The molecule has 0 saturated heterocycles. The van der Waals surface area contributed by atoms with Crippen molar-refractivity contribution >= 4 is 51.3 Å². The molecule has 0 aromatic heterocycles. The van der Waals surface area contributed by atoms with Crippen LogP contribution >= 0.6 is 45.2 Å². The molecule has 0 N–H and O–H groups in total. The van der Waals surface area contributed by atoms with Gasteiger partial charge in [-0.05, 0) is 117 Å². The van der Waals surface area contributed by atoms with E-state index in [0.717, 1.165) is 36.8 Å². The first-order chi connectivity index (χ1) is 14.5. The number of aryl methyl sites for hydroxylation is 2. The van der Waals surface area contributed by atoms with Crippen LogP contribution in [0.15, 0.2) is 36.4 Å². The van der Waals surface area contributed by atoms with E-state index in [9.17, 15) is 4.79 Å². The summed E-state index contributed by atoms with van der Waals surface area (Å²) in [6.45, 7) is 4.93. The number of ether oxygens (including phenoxy) is 2. The summed E-state index contributed by atoms with van der Waals surface area (Å²) in [7, 11) is 0. The minimum absolute atomic E-state index is 0.257. The van der Waals surface area contributed by atoms with Crippen molar-refractivity contribution in [3.05, 3.63) is 65.8 Å². The molecular formula is C25H32I2O3. The first-order valence-electron chi connectivity index (χ1n) is 10.9. The van der Waals surface area contributed by atoms with Crippen LogP contribution in [0.2, 0.25) is 0 Å². The largest absolute Gasteiger partial charge is 0.508 e. The van der Waals surface area contributed by atoms with Crippen molar-refractivity contribution in [3.63, 3.8) is 0 Å². The van der Waals surface area contributed by atoms with Gasteiger partial charge in [0.1, 0.15) is 13.2 Å². The van der Waals surface area contributed by atoms with Crippen molar-refractivity contribution in [2.24, 2.45) is 0 Å². The van der Waals surface area contributed by atoms with E-state index in [1.54, 1.807) is 0 Å². The lowest BCUT2D eigenvalue weighted by Gasteiger charge is -2.13. The van der Waals surface area contributed by atoms with E-state index in [2.05, 4.69) is 95.4 Å². The number of benzene rings is 2. The van der Waals surface area contributed by atoms with Crippen molar-refractivity contribution in [2.45, 2.75) is 78.4 Å². The van der Waals surface area contributed by atoms with Gasteiger partial charge in [-0.25, -0.2) is 4.79 Å². The molecule has 0 aliphatic rings. The second kappa shape index (κ2) is 14.3. The smallest absolute Gasteiger partial charge is 0.429 e. The van der Waals surface area contributed by atoms with Gasteiger partial charge in [0.25, 0.3) is 0 Å². The standard InChI is InChI=1S/C25H32I2O3/c1-3-5-7-9-19-15-23(26)13-11-21(19)17-29-25(28)30-18-22-12-14-24(27)16-20(22)10-8-6-4-2/h11-16H,3-10,17-18H2,1-2H3. The molecule has 0 spiro atoms.